The van der Waals surface area contributed by atoms with Gasteiger partial charge in [-0.2, -0.15) is 0 Å². The predicted octanol–water partition coefficient (Wildman–Crippen LogP) is 3.95. The molecule has 98 valence electrons. The number of aromatic carboxylic acids is 1. The SMILES string of the molecule is CSc1ccccc1Oc1nccc(C(=O)O)c1Cl. The molecule has 0 aliphatic carbocycles. The molecule has 0 spiro atoms. The summed E-state index contributed by atoms with van der Waals surface area (Å²) < 4.78 is 5.59. The van der Waals surface area contributed by atoms with Crippen LogP contribution in [0, 0.1) is 0 Å². The van der Waals surface area contributed by atoms with Gasteiger partial charge in [-0.25, -0.2) is 9.78 Å². The van der Waals surface area contributed by atoms with E-state index in [1.165, 1.54) is 24.0 Å². The molecule has 2 rings (SSSR count). The minimum atomic E-state index is -1.12. The third-order valence-electron chi connectivity index (χ3n) is 2.36. The Hall–Kier alpha value is -1.72. The number of carbonyl (C=O) groups is 1. The summed E-state index contributed by atoms with van der Waals surface area (Å²) in [5, 5.41) is 8.98. The summed E-state index contributed by atoms with van der Waals surface area (Å²) in [6.45, 7) is 0. The van der Waals surface area contributed by atoms with E-state index >= 15 is 0 Å². The summed E-state index contributed by atoms with van der Waals surface area (Å²) >= 11 is 7.49. The minimum absolute atomic E-state index is 0.00842. The number of nitrogens with zero attached hydrogens (tertiary/aromatic N) is 1. The smallest absolute Gasteiger partial charge is 0.337 e. The summed E-state index contributed by atoms with van der Waals surface area (Å²) in [6, 6.07) is 8.72. The molecule has 0 amide bonds. The van der Waals surface area contributed by atoms with Gasteiger partial charge in [0.1, 0.15) is 10.8 Å². The first kappa shape index (κ1) is 13.7. The number of benzene rings is 1. The highest BCUT2D eigenvalue weighted by Gasteiger charge is 2.15. The summed E-state index contributed by atoms with van der Waals surface area (Å²) in [6.07, 6.45) is 3.28. The molecular formula is C13H10ClNO3S. The number of rotatable bonds is 4. The Balaban J connectivity index is 2.39. The topological polar surface area (TPSA) is 59.4 Å². The zero-order valence-electron chi connectivity index (χ0n) is 9.96. The fraction of sp³-hybridized carbons (Fsp3) is 0.0769. The summed E-state index contributed by atoms with van der Waals surface area (Å²) in [5.74, 6) is -0.439. The quantitative estimate of drug-likeness (QED) is 0.866. The van der Waals surface area contributed by atoms with Gasteiger partial charge in [-0.3, -0.25) is 0 Å². The van der Waals surface area contributed by atoms with Crippen LogP contribution in [0.2, 0.25) is 5.02 Å². The number of para-hydroxylation sites is 1. The number of halogens is 1. The van der Waals surface area contributed by atoms with E-state index in [4.69, 9.17) is 21.4 Å². The lowest BCUT2D eigenvalue weighted by Gasteiger charge is -2.10. The Bertz CT molecular complexity index is 619. The molecule has 1 aromatic carbocycles. The van der Waals surface area contributed by atoms with E-state index in [0.717, 1.165) is 4.90 Å². The van der Waals surface area contributed by atoms with Crippen LogP contribution in [0.4, 0.5) is 0 Å². The van der Waals surface area contributed by atoms with Gasteiger partial charge in [0.2, 0.25) is 5.88 Å². The van der Waals surface area contributed by atoms with Crippen LogP contribution in [-0.4, -0.2) is 22.3 Å². The highest BCUT2D eigenvalue weighted by atomic mass is 35.5. The molecule has 2 aromatic rings. The molecule has 0 bridgehead atoms. The molecule has 19 heavy (non-hydrogen) atoms. The van der Waals surface area contributed by atoms with Crippen molar-refractivity contribution in [3.8, 4) is 11.6 Å². The van der Waals surface area contributed by atoms with Gasteiger partial charge in [0.25, 0.3) is 0 Å². The van der Waals surface area contributed by atoms with E-state index in [-0.39, 0.29) is 16.5 Å². The van der Waals surface area contributed by atoms with Crippen LogP contribution in [0.1, 0.15) is 10.4 Å². The second kappa shape index (κ2) is 5.95. The molecule has 0 radical (unpaired) electrons. The van der Waals surface area contributed by atoms with Crippen LogP contribution >= 0.6 is 23.4 Å². The number of carboxylic acids is 1. The van der Waals surface area contributed by atoms with Crippen molar-refractivity contribution in [2.45, 2.75) is 4.90 Å². The van der Waals surface area contributed by atoms with E-state index in [2.05, 4.69) is 4.98 Å². The number of aromatic nitrogens is 1. The second-order valence-electron chi connectivity index (χ2n) is 3.54. The maximum atomic E-state index is 11.0. The Morgan fingerprint density at radius 2 is 2.11 bits per heavy atom. The summed E-state index contributed by atoms with van der Waals surface area (Å²) in [7, 11) is 0. The molecular weight excluding hydrogens is 286 g/mol. The molecule has 0 aliphatic rings. The lowest BCUT2D eigenvalue weighted by molar-refractivity contribution is 0.0696. The second-order valence-corrected chi connectivity index (χ2v) is 4.76. The first-order valence-electron chi connectivity index (χ1n) is 5.32. The number of ether oxygens (including phenoxy) is 1. The van der Waals surface area contributed by atoms with Crippen molar-refractivity contribution in [3.63, 3.8) is 0 Å². The lowest BCUT2D eigenvalue weighted by atomic mass is 10.2. The van der Waals surface area contributed by atoms with Gasteiger partial charge < -0.3 is 9.84 Å². The fourth-order valence-corrected chi connectivity index (χ4v) is 2.22. The van der Waals surface area contributed by atoms with Gasteiger partial charge in [0.15, 0.2) is 0 Å². The van der Waals surface area contributed by atoms with Gasteiger partial charge in [0, 0.05) is 11.1 Å². The van der Waals surface area contributed by atoms with E-state index in [0.29, 0.717) is 5.75 Å². The average Bonchev–Trinajstić information content (AvgIpc) is 2.41. The number of hydrogen-bond acceptors (Lipinski definition) is 4. The van der Waals surface area contributed by atoms with Gasteiger partial charge in [-0.05, 0) is 24.5 Å². The van der Waals surface area contributed by atoms with Crippen molar-refractivity contribution in [1.29, 1.82) is 0 Å². The molecule has 0 atom stereocenters. The number of carboxylic acid groups (broad SMARTS) is 1. The number of pyridine rings is 1. The largest absolute Gasteiger partial charge is 0.478 e. The molecule has 0 unspecified atom stereocenters. The Morgan fingerprint density at radius 3 is 2.79 bits per heavy atom. The Kier molecular flexibility index (Phi) is 4.29. The van der Waals surface area contributed by atoms with Crippen LogP contribution < -0.4 is 4.74 Å². The Labute approximate surface area is 119 Å². The zero-order valence-corrected chi connectivity index (χ0v) is 11.5. The summed E-state index contributed by atoms with van der Waals surface area (Å²) in [5.41, 5.74) is -0.0340. The summed E-state index contributed by atoms with van der Waals surface area (Å²) in [4.78, 5) is 15.9. The fourth-order valence-electron chi connectivity index (χ4n) is 1.47. The van der Waals surface area contributed by atoms with Crippen molar-refractivity contribution in [2.75, 3.05) is 6.26 Å². The predicted molar refractivity (Wildman–Crippen MR) is 74.5 cm³/mol. The molecule has 0 saturated heterocycles. The van der Waals surface area contributed by atoms with Crippen LogP contribution in [0.5, 0.6) is 11.6 Å². The van der Waals surface area contributed by atoms with Crippen LogP contribution in [0.25, 0.3) is 0 Å². The zero-order chi connectivity index (χ0) is 13.8. The normalized spacial score (nSPS) is 10.2. The third kappa shape index (κ3) is 3.00. The average molecular weight is 296 g/mol. The molecule has 0 aliphatic heterocycles. The van der Waals surface area contributed by atoms with Crippen molar-refractivity contribution in [3.05, 3.63) is 47.1 Å². The minimum Gasteiger partial charge on any atom is -0.478 e. The van der Waals surface area contributed by atoms with Crippen molar-refractivity contribution >= 4 is 29.3 Å². The van der Waals surface area contributed by atoms with E-state index in [9.17, 15) is 4.79 Å². The molecule has 1 aromatic heterocycles. The molecule has 1 heterocycles. The first-order valence-corrected chi connectivity index (χ1v) is 6.92. The number of thioether (sulfide) groups is 1. The third-order valence-corrected chi connectivity index (χ3v) is 3.51. The highest BCUT2D eigenvalue weighted by Crippen LogP contribution is 2.34. The van der Waals surface area contributed by atoms with Crippen molar-refractivity contribution in [1.82, 2.24) is 4.98 Å². The Morgan fingerprint density at radius 1 is 1.37 bits per heavy atom. The van der Waals surface area contributed by atoms with Crippen LogP contribution in [0.15, 0.2) is 41.4 Å². The van der Waals surface area contributed by atoms with Crippen LogP contribution in [-0.2, 0) is 0 Å². The molecule has 0 saturated carbocycles. The molecule has 0 fully saturated rings. The standard InChI is InChI=1S/C13H10ClNO3S/c1-19-10-5-3-2-4-9(10)18-12-11(14)8(13(16)17)6-7-15-12/h2-7H,1H3,(H,16,17). The lowest BCUT2D eigenvalue weighted by Crippen LogP contribution is -2.00. The monoisotopic (exact) mass is 295 g/mol. The van der Waals surface area contributed by atoms with Crippen molar-refractivity contribution in [2.24, 2.45) is 0 Å². The highest BCUT2D eigenvalue weighted by molar-refractivity contribution is 7.98. The van der Waals surface area contributed by atoms with E-state index in [1.54, 1.807) is 6.07 Å². The first-order chi connectivity index (χ1) is 9.13. The maximum Gasteiger partial charge on any atom is 0.337 e. The molecule has 4 nitrogen and oxygen atoms in total. The van der Waals surface area contributed by atoms with Gasteiger partial charge in [-0.1, -0.05) is 23.7 Å². The van der Waals surface area contributed by atoms with Gasteiger partial charge in [-0.15, -0.1) is 11.8 Å². The molecule has 6 heteroatoms. The van der Waals surface area contributed by atoms with Gasteiger partial charge in [0.05, 0.1) is 5.56 Å². The molecule has 1 N–H and O–H groups in total. The van der Waals surface area contributed by atoms with Crippen molar-refractivity contribution < 1.29 is 14.6 Å². The van der Waals surface area contributed by atoms with Gasteiger partial charge >= 0.3 is 5.97 Å². The van der Waals surface area contributed by atoms with E-state index in [1.807, 2.05) is 24.5 Å². The number of hydrogen-bond donors (Lipinski definition) is 1. The van der Waals surface area contributed by atoms with Crippen LogP contribution in [0.3, 0.4) is 0 Å². The van der Waals surface area contributed by atoms with E-state index < -0.39 is 5.97 Å². The maximum absolute atomic E-state index is 11.0.